The first kappa shape index (κ1) is 26.4. The molecule has 4 rings (SSSR count). The van der Waals surface area contributed by atoms with E-state index < -0.39 is 79.8 Å². The van der Waals surface area contributed by atoms with Crippen LogP contribution in [0.3, 0.4) is 0 Å². The summed E-state index contributed by atoms with van der Waals surface area (Å²) < 4.78 is 46.1. The van der Waals surface area contributed by atoms with Gasteiger partial charge in [0.2, 0.25) is 0 Å². The maximum Gasteiger partial charge on any atom is 0.331 e. The predicted molar refractivity (Wildman–Crippen MR) is 121 cm³/mol. The average molecular weight is 532 g/mol. The largest absolute Gasteiger partial charge is 0.394 e. The standard InChI is InChI=1S/C20H26FN4O10P/c1-9-5-24(19(29)22-17(9)27)15-3-11(21)14(34-15)8-36(31,32)35-12-4-16(33-13(12)7-26)25-6-10(2)18(28)23-20(25)30/h5-6,11-16,26H,3-4,7-8H2,1-2H3,(H,31,32)(H,22,27,29)(H,23,28,30)/t11-,12-,13+,14+,15?,16+/m0/s1. The van der Waals surface area contributed by atoms with Crippen molar-refractivity contribution in [2.24, 2.45) is 0 Å². The fourth-order valence-electron chi connectivity index (χ4n) is 4.25. The molecule has 14 nitrogen and oxygen atoms in total. The summed E-state index contributed by atoms with van der Waals surface area (Å²) in [6, 6.07) is 0. The molecule has 4 N–H and O–H groups in total. The van der Waals surface area contributed by atoms with E-state index in [2.05, 4.69) is 9.97 Å². The number of ether oxygens (including phenoxy) is 2. The summed E-state index contributed by atoms with van der Waals surface area (Å²) in [7, 11) is -4.52. The number of hydrogen-bond donors (Lipinski definition) is 4. The summed E-state index contributed by atoms with van der Waals surface area (Å²) in [5.41, 5.74) is -2.30. The third-order valence-corrected chi connectivity index (χ3v) is 7.57. The smallest absolute Gasteiger partial charge is 0.331 e. The number of alkyl halides is 1. The molecule has 0 aromatic carbocycles. The molecule has 2 aliphatic rings. The van der Waals surface area contributed by atoms with Crippen LogP contribution in [0.25, 0.3) is 0 Å². The third kappa shape index (κ3) is 5.36. The van der Waals surface area contributed by atoms with Crippen molar-refractivity contribution in [2.75, 3.05) is 12.8 Å². The van der Waals surface area contributed by atoms with Gasteiger partial charge in [-0.05, 0) is 13.8 Å². The zero-order valence-electron chi connectivity index (χ0n) is 19.3. The molecule has 0 amide bonds. The lowest BCUT2D eigenvalue weighted by molar-refractivity contribution is -0.0441. The van der Waals surface area contributed by atoms with Crippen LogP contribution in [0.4, 0.5) is 4.39 Å². The van der Waals surface area contributed by atoms with Gasteiger partial charge in [-0.15, -0.1) is 0 Å². The number of nitrogens with zero attached hydrogens (tertiary/aromatic N) is 2. The maximum atomic E-state index is 14.7. The zero-order valence-corrected chi connectivity index (χ0v) is 20.2. The van der Waals surface area contributed by atoms with Gasteiger partial charge in [0.1, 0.15) is 30.8 Å². The summed E-state index contributed by atoms with van der Waals surface area (Å²) in [4.78, 5) is 62.1. The molecule has 16 heteroatoms. The summed E-state index contributed by atoms with van der Waals surface area (Å²) in [6.07, 6.45) is -6.07. The van der Waals surface area contributed by atoms with Crippen molar-refractivity contribution >= 4 is 7.60 Å². The van der Waals surface area contributed by atoms with Gasteiger partial charge in [-0.25, -0.2) is 14.0 Å². The van der Waals surface area contributed by atoms with Crippen molar-refractivity contribution in [3.63, 3.8) is 0 Å². The van der Waals surface area contributed by atoms with Crippen molar-refractivity contribution in [3.8, 4) is 0 Å². The molecule has 0 aliphatic carbocycles. The fraction of sp³-hybridized carbons (Fsp3) is 0.600. The van der Waals surface area contributed by atoms with E-state index in [4.69, 9.17) is 14.0 Å². The van der Waals surface area contributed by atoms with Crippen LogP contribution in [-0.2, 0) is 18.6 Å². The summed E-state index contributed by atoms with van der Waals surface area (Å²) in [5, 5.41) is 9.66. The van der Waals surface area contributed by atoms with Gasteiger partial charge < -0.3 is 24.0 Å². The Kier molecular flexibility index (Phi) is 7.33. The van der Waals surface area contributed by atoms with Gasteiger partial charge in [0, 0.05) is 36.4 Å². The minimum atomic E-state index is -4.52. The van der Waals surface area contributed by atoms with Crippen molar-refractivity contribution in [2.45, 2.75) is 63.6 Å². The quantitative estimate of drug-likeness (QED) is 0.327. The Balaban J connectivity index is 1.45. The first-order valence-electron chi connectivity index (χ1n) is 11.1. The highest BCUT2D eigenvalue weighted by molar-refractivity contribution is 7.52. The number of aliphatic hydroxyl groups is 1. The minimum Gasteiger partial charge on any atom is -0.394 e. The number of nitrogens with one attached hydrogen (secondary N) is 2. The Hall–Kier alpha value is -2.68. The van der Waals surface area contributed by atoms with Crippen LogP contribution < -0.4 is 22.5 Å². The predicted octanol–water partition coefficient (Wildman–Crippen LogP) is -0.820. The van der Waals surface area contributed by atoms with E-state index in [9.17, 15) is 38.1 Å². The molecule has 198 valence electrons. The topological polar surface area (TPSA) is 195 Å². The van der Waals surface area contributed by atoms with Crippen LogP contribution in [0.2, 0.25) is 0 Å². The van der Waals surface area contributed by atoms with Gasteiger partial charge in [-0.2, -0.15) is 0 Å². The van der Waals surface area contributed by atoms with Crippen molar-refractivity contribution in [1.82, 2.24) is 19.1 Å². The monoisotopic (exact) mass is 532 g/mol. The number of rotatable bonds is 7. The Bertz CT molecular complexity index is 1420. The highest BCUT2D eigenvalue weighted by Gasteiger charge is 2.45. The molecule has 36 heavy (non-hydrogen) atoms. The van der Waals surface area contributed by atoms with E-state index >= 15 is 0 Å². The molecule has 2 aromatic rings. The third-order valence-electron chi connectivity index (χ3n) is 6.15. The molecule has 0 radical (unpaired) electrons. The molecule has 0 bridgehead atoms. The molecular weight excluding hydrogens is 506 g/mol. The highest BCUT2D eigenvalue weighted by Crippen LogP contribution is 2.50. The van der Waals surface area contributed by atoms with Crippen LogP contribution >= 0.6 is 7.60 Å². The van der Waals surface area contributed by atoms with Gasteiger partial charge >= 0.3 is 19.0 Å². The van der Waals surface area contributed by atoms with E-state index in [-0.39, 0.29) is 24.0 Å². The zero-order chi connectivity index (χ0) is 26.4. The fourth-order valence-corrected chi connectivity index (χ4v) is 5.75. The molecule has 7 atom stereocenters. The van der Waals surface area contributed by atoms with Crippen LogP contribution in [-0.4, -0.2) is 66.4 Å². The lowest BCUT2D eigenvalue weighted by Gasteiger charge is -2.23. The van der Waals surface area contributed by atoms with E-state index in [1.165, 1.54) is 26.2 Å². The molecule has 2 aliphatic heterocycles. The number of hydrogen-bond acceptors (Lipinski definition) is 9. The van der Waals surface area contributed by atoms with E-state index in [1.54, 1.807) is 0 Å². The van der Waals surface area contributed by atoms with Crippen molar-refractivity contribution in [1.29, 1.82) is 0 Å². The Labute approximate surface area is 201 Å². The average Bonchev–Trinajstić information content (AvgIpc) is 3.35. The van der Waals surface area contributed by atoms with Gasteiger partial charge in [-0.3, -0.25) is 33.3 Å². The Morgan fingerprint density at radius 2 is 1.50 bits per heavy atom. The van der Waals surface area contributed by atoms with E-state index in [1.807, 2.05) is 0 Å². The van der Waals surface area contributed by atoms with Crippen LogP contribution in [0.5, 0.6) is 0 Å². The second-order valence-corrected chi connectivity index (χ2v) is 10.7. The van der Waals surface area contributed by atoms with Gasteiger partial charge in [0.25, 0.3) is 11.1 Å². The number of aromatic amines is 2. The maximum absolute atomic E-state index is 14.7. The van der Waals surface area contributed by atoms with Crippen LogP contribution in [0, 0.1) is 13.8 Å². The highest BCUT2D eigenvalue weighted by atomic mass is 31.2. The number of aliphatic hydroxyl groups excluding tert-OH is 1. The first-order valence-corrected chi connectivity index (χ1v) is 12.8. The molecule has 0 spiro atoms. The number of halogens is 1. The molecule has 2 saturated heterocycles. The Morgan fingerprint density at radius 1 is 1.00 bits per heavy atom. The second kappa shape index (κ2) is 10.00. The van der Waals surface area contributed by atoms with Crippen LogP contribution in [0.1, 0.15) is 36.4 Å². The van der Waals surface area contributed by atoms with E-state index in [0.717, 1.165) is 9.13 Å². The van der Waals surface area contributed by atoms with Gasteiger partial charge in [-0.1, -0.05) is 0 Å². The summed E-state index contributed by atoms with van der Waals surface area (Å²) in [6.45, 7) is 2.34. The molecule has 2 unspecified atom stereocenters. The van der Waals surface area contributed by atoms with Gasteiger partial charge in [0.05, 0.1) is 18.9 Å². The Morgan fingerprint density at radius 3 is 2.03 bits per heavy atom. The minimum absolute atomic E-state index is 0.111. The molecule has 4 heterocycles. The summed E-state index contributed by atoms with van der Waals surface area (Å²) in [5.74, 6) is 0. The van der Waals surface area contributed by atoms with Crippen molar-refractivity contribution < 1.29 is 33.0 Å². The number of H-pyrrole nitrogens is 2. The second-order valence-electron chi connectivity index (χ2n) is 8.85. The normalized spacial score (nSPS) is 29.9. The molecule has 0 saturated carbocycles. The SMILES string of the molecule is Cc1cn(C2C[C@H](F)[C@@H](CP(=O)(O)O[C@H]3C[C@H](n4cc(C)c(=O)[nH]c4=O)O[C@@H]3CO)O2)c(=O)[nH]c1=O. The first-order chi connectivity index (χ1) is 16.9. The number of aryl methyl sites for hydroxylation is 2. The van der Waals surface area contributed by atoms with Crippen molar-refractivity contribution in [3.05, 3.63) is 65.2 Å². The lowest BCUT2D eigenvalue weighted by Crippen LogP contribution is -2.33. The molecular formula is C20H26FN4O10P. The lowest BCUT2D eigenvalue weighted by atomic mass is 10.2. The van der Waals surface area contributed by atoms with E-state index in [0.29, 0.717) is 0 Å². The summed E-state index contributed by atoms with van der Waals surface area (Å²) >= 11 is 0. The van der Waals surface area contributed by atoms with Gasteiger partial charge in [0.15, 0.2) is 0 Å². The number of aromatic nitrogens is 4. The van der Waals surface area contributed by atoms with Crippen LogP contribution in [0.15, 0.2) is 31.6 Å². The molecule has 2 fully saturated rings. The molecule has 2 aromatic heterocycles.